The van der Waals surface area contributed by atoms with Crippen LogP contribution in [0.5, 0.6) is 0 Å². The van der Waals surface area contributed by atoms with Crippen molar-refractivity contribution in [2.75, 3.05) is 43.9 Å². The monoisotopic (exact) mass is 426 g/mol. The maximum absolute atomic E-state index is 12.8. The molecule has 8 nitrogen and oxygen atoms in total. The number of piperazine rings is 1. The Morgan fingerprint density at radius 3 is 2.50 bits per heavy atom. The lowest BCUT2D eigenvalue weighted by Crippen LogP contribution is -2.45. The van der Waals surface area contributed by atoms with E-state index in [2.05, 4.69) is 33.7 Å². The molecule has 1 saturated heterocycles. The van der Waals surface area contributed by atoms with Gasteiger partial charge in [0.2, 0.25) is 0 Å². The van der Waals surface area contributed by atoms with Crippen LogP contribution in [0.2, 0.25) is 0 Å². The lowest BCUT2D eigenvalue weighted by Gasteiger charge is -2.33. The molecule has 4 rings (SSSR count). The molecule has 3 heterocycles. The van der Waals surface area contributed by atoms with E-state index in [1.54, 1.807) is 11.8 Å². The van der Waals surface area contributed by atoms with Crippen LogP contribution in [-0.4, -0.2) is 63.4 Å². The average molecular weight is 427 g/mol. The Kier molecular flexibility index (Phi) is 6.19. The second-order valence-electron chi connectivity index (χ2n) is 7.50. The Labute approximate surface area is 179 Å². The van der Waals surface area contributed by atoms with E-state index in [4.69, 9.17) is 4.98 Å². The molecule has 3 aromatic rings. The summed E-state index contributed by atoms with van der Waals surface area (Å²) in [7, 11) is 2.09. The van der Waals surface area contributed by atoms with Crippen LogP contribution in [0.4, 0.5) is 5.82 Å². The van der Waals surface area contributed by atoms with E-state index in [9.17, 15) is 9.59 Å². The molecule has 1 aliphatic heterocycles. The number of nitrogens with one attached hydrogen (secondary N) is 1. The number of hydrogen-bond acceptors (Lipinski definition) is 7. The first kappa shape index (κ1) is 20.6. The van der Waals surface area contributed by atoms with E-state index < -0.39 is 11.1 Å². The van der Waals surface area contributed by atoms with E-state index in [1.165, 1.54) is 4.57 Å². The summed E-state index contributed by atoms with van der Waals surface area (Å²) >= 11 is 1.57. The zero-order chi connectivity index (χ0) is 21.1. The van der Waals surface area contributed by atoms with Crippen LogP contribution >= 0.6 is 11.8 Å². The molecule has 0 unspecified atom stereocenters. The van der Waals surface area contributed by atoms with Gasteiger partial charge >= 0.3 is 11.1 Å². The first-order valence-electron chi connectivity index (χ1n) is 10.2. The topological polar surface area (TPSA) is 87.1 Å². The van der Waals surface area contributed by atoms with Crippen LogP contribution in [-0.2, 0) is 6.54 Å². The molecule has 0 spiro atoms. The summed E-state index contributed by atoms with van der Waals surface area (Å²) in [6.07, 6.45) is 0.998. The Balaban J connectivity index is 1.90. The van der Waals surface area contributed by atoms with Crippen molar-refractivity contribution in [2.45, 2.75) is 25.0 Å². The van der Waals surface area contributed by atoms with Gasteiger partial charge in [0.15, 0.2) is 16.6 Å². The smallest absolute Gasteiger partial charge is 0.318 e. The number of aromatic nitrogens is 4. The SMILES string of the molecule is CCCSc1nc(N2CCN(C)CC2)c2[nH]c(=O)c(=O)n(Cc3ccccc3)c2n1. The molecule has 0 amide bonds. The number of H-pyrrole nitrogens is 1. The average Bonchev–Trinajstić information content (AvgIpc) is 2.76. The van der Waals surface area contributed by atoms with Crippen LogP contribution in [0.15, 0.2) is 45.1 Å². The summed E-state index contributed by atoms with van der Waals surface area (Å²) in [4.78, 5) is 42.0. The van der Waals surface area contributed by atoms with Gasteiger partial charge in [0.25, 0.3) is 0 Å². The summed E-state index contributed by atoms with van der Waals surface area (Å²) in [5, 5.41) is 0.631. The van der Waals surface area contributed by atoms with Crippen LogP contribution in [0.3, 0.4) is 0 Å². The predicted molar refractivity (Wildman–Crippen MR) is 121 cm³/mol. The van der Waals surface area contributed by atoms with Crippen LogP contribution in [0.1, 0.15) is 18.9 Å². The predicted octanol–water partition coefficient (Wildman–Crippen LogP) is 1.78. The lowest BCUT2D eigenvalue weighted by atomic mass is 10.2. The number of thioether (sulfide) groups is 1. The molecule has 1 aromatic carbocycles. The number of aromatic amines is 1. The summed E-state index contributed by atoms with van der Waals surface area (Å²) in [6, 6.07) is 9.64. The molecule has 9 heteroatoms. The Bertz CT molecular complexity index is 1140. The molecule has 1 aliphatic rings. The fourth-order valence-electron chi connectivity index (χ4n) is 3.53. The van der Waals surface area contributed by atoms with Crippen LogP contribution < -0.4 is 16.0 Å². The highest BCUT2D eigenvalue weighted by Crippen LogP contribution is 2.26. The number of benzene rings is 1. The standard InChI is InChI=1S/C21H26N6O2S/c1-3-13-30-21-23-17(26-11-9-25(2)10-12-26)16-18(24-21)27(20(29)19(28)22-16)14-15-7-5-4-6-8-15/h4-8H,3,9-14H2,1-2H3,(H,22,28). The van der Waals surface area contributed by atoms with Gasteiger partial charge in [-0.25, -0.2) is 9.97 Å². The van der Waals surface area contributed by atoms with Crippen LogP contribution in [0.25, 0.3) is 11.2 Å². The fraction of sp³-hybridized carbons (Fsp3) is 0.429. The molecule has 0 aliphatic carbocycles. The Hall–Kier alpha value is -2.65. The maximum Gasteiger partial charge on any atom is 0.318 e. The largest absolute Gasteiger partial charge is 0.352 e. The molecule has 158 valence electrons. The zero-order valence-electron chi connectivity index (χ0n) is 17.3. The molecule has 1 N–H and O–H groups in total. The summed E-state index contributed by atoms with van der Waals surface area (Å²) in [5.74, 6) is 1.59. The molecule has 1 fully saturated rings. The van der Waals surface area contributed by atoms with Crippen molar-refractivity contribution in [2.24, 2.45) is 0 Å². The second kappa shape index (κ2) is 9.01. The van der Waals surface area contributed by atoms with Gasteiger partial charge in [0, 0.05) is 31.9 Å². The van der Waals surface area contributed by atoms with Crippen molar-refractivity contribution >= 4 is 28.7 Å². The minimum Gasteiger partial charge on any atom is -0.352 e. The minimum absolute atomic E-state index is 0.289. The fourth-order valence-corrected chi connectivity index (χ4v) is 4.22. The third-order valence-electron chi connectivity index (χ3n) is 5.21. The van der Waals surface area contributed by atoms with Gasteiger partial charge in [-0.2, -0.15) is 0 Å². The highest BCUT2D eigenvalue weighted by molar-refractivity contribution is 7.99. The zero-order valence-corrected chi connectivity index (χ0v) is 18.1. The third kappa shape index (κ3) is 4.27. The lowest BCUT2D eigenvalue weighted by molar-refractivity contribution is 0.312. The van der Waals surface area contributed by atoms with Gasteiger partial charge in [-0.1, -0.05) is 49.0 Å². The molecular weight excluding hydrogens is 400 g/mol. The number of anilines is 1. The number of rotatable bonds is 6. The minimum atomic E-state index is -0.647. The Morgan fingerprint density at radius 2 is 1.80 bits per heavy atom. The first-order chi connectivity index (χ1) is 14.6. The number of hydrogen-bond donors (Lipinski definition) is 1. The van der Waals surface area contributed by atoms with Crippen molar-refractivity contribution in [3.8, 4) is 0 Å². The summed E-state index contributed by atoms with van der Waals surface area (Å²) in [6.45, 7) is 5.84. The molecule has 0 saturated carbocycles. The van der Waals surface area contributed by atoms with E-state index in [0.29, 0.717) is 22.1 Å². The van der Waals surface area contributed by atoms with Gasteiger partial charge in [0.05, 0.1) is 6.54 Å². The molecule has 0 atom stereocenters. The van der Waals surface area contributed by atoms with Crippen LogP contribution in [0, 0.1) is 0 Å². The van der Waals surface area contributed by atoms with Crippen molar-refractivity contribution in [1.29, 1.82) is 0 Å². The molecule has 0 radical (unpaired) electrons. The van der Waals surface area contributed by atoms with E-state index in [0.717, 1.165) is 43.9 Å². The van der Waals surface area contributed by atoms with Crippen molar-refractivity contribution in [3.05, 3.63) is 56.6 Å². The van der Waals surface area contributed by atoms with Gasteiger partial charge in [-0.05, 0) is 19.0 Å². The highest BCUT2D eigenvalue weighted by atomic mass is 32.2. The van der Waals surface area contributed by atoms with Crippen molar-refractivity contribution in [1.82, 2.24) is 24.4 Å². The van der Waals surface area contributed by atoms with Crippen molar-refractivity contribution < 1.29 is 0 Å². The highest BCUT2D eigenvalue weighted by Gasteiger charge is 2.22. The van der Waals surface area contributed by atoms with Gasteiger partial charge in [-0.15, -0.1) is 0 Å². The summed E-state index contributed by atoms with van der Waals surface area (Å²) < 4.78 is 1.47. The number of nitrogens with zero attached hydrogens (tertiary/aromatic N) is 5. The number of likely N-dealkylation sites (N-methyl/N-ethyl adjacent to an activating group) is 1. The first-order valence-corrected chi connectivity index (χ1v) is 11.2. The third-order valence-corrected chi connectivity index (χ3v) is 6.26. The van der Waals surface area contributed by atoms with Gasteiger partial charge < -0.3 is 14.8 Å². The molecule has 30 heavy (non-hydrogen) atoms. The molecule has 2 aromatic heterocycles. The number of fused-ring (bicyclic) bond motifs is 1. The maximum atomic E-state index is 12.8. The van der Waals surface area contributed by atoms with E-state index >= 15 is 0 Å². The normalized spacial score (nSPS) is 15.1. The van der Waals surface area contributed by atoms with E-state index in [-0.39, 0.29) is 6.54 Å². The molecule has 0 bridgehead atoms. The molecular formula is C21H26N6O2S. The van der Waals surface area contributed by atoms with E-state index in [1.807, 2.05) is 30.3 Å². The van der Waals surface area contributed by atoms with Crippen molar-refractivity contribution in [3.63, 3.8) is 0 Å². The quantitative estimate of drug-likeness (QED) is 0.365. The van der Waals surface area contributed by atoms with Gasteiger partial charge in [-0.3, -0.25) is 14.2 Å². The van der Waals surface area contributed by atoms with Gasteiger partial charge in [0.1, 0.15) is 5.52 Å². The Morgan fingerprint density at radius 1 is 1.07 bits per heavy atom. The second-order valence-corrected chi connectivity index (χ2v) is 8.56. The summed E-state index contributed by atoms with van der Waals surface area (Å²) in [5.41, 5.74) is 0.702.